The molecule has 0 aliphatic heterocycles. The van der Waals surface area contributed by atoms with Crippen molar-refractivity contribution in [1.82, 2.24) is 5.32 Å². The Kier molecular flexibility index (Phi) is 21.7. The van der Waals surface area contributed by atoms with Gasteiger partial charge in [-0.15, -0.1) is 0 Å². The van der Waals surface area contributed by atoms with E-state index in [2.05, 4.69) is 12.2 Å². The molecule has 19 heavy (non-hydrogen) atoms. The van der Waals surface area contributed by atoms with E-state index in [1.165, 1.54) is 51.4 Å². The number of unbranched alkanes of at least 4 members (excludes halogenated alkanes) is 8. The summed E-state index contributed by atoms with van der Waals surface area (Å²) in [5.41, 5.74) is 0. The minimum absolute atomic E-state index is 0.215. The van der Waals surface area contributed by atoms with Crippen molar-refractivity contribution in [1.29, 1.82) is 0 Å². The molecule has 0 atom stereocenters. The summed E-state index contributed by atoms with van der Waals surface area (Å²) in [7, 11) is 0. The molecule has 0 fully saturated rings. The molecule has 116 valence electrons. The Hall–Kier alpha value is -0.530. The van der Waals surface area contributed by atoms with Crippen molar-refractivity contribution in [3.05, 3.63) is 0 Å². The van der Waals surface area contributed by atoms with Gasteiger partial charge in [-0.3, -0.25) is 4.79 Å². The van der Waals surface area contributed by atoms with Crippen molar-refractivity contribution in [2.75, 3.05) is 6.54 Å². The number of amides is 1. The molecule has 2 heteroatoms. The van der Waals surface area contributed by atoms with Crippen molar-refractivity contribution < 1.29 is 4.79 Å². The first-order chi connectivity index (χ1) is 9.31. The van der Waals surface area contributed by atoms with Crippen LogP contribution < -0.4 is 5.32 Å². The van der Waals surface area contributed by atoms with E-state index >= 15 is 0 Å². The molecule has 0 bridgehead atoms. The average molecular weight is 271 g/mol. The van der Waals surface area contributed by atoms with Gasteiger partial charge in [0.25, 0.3) is 0 Å². The topological polar surface area (TPSA) is 29.1 Å². The predicted molar refractivity (Wildman–Crippen MR) is 86.5 cm³/mol. The van der Waals surface area contributed by atoms with Gasteiger partial charge >= 0.3 is 0 Å². The van der Waals surface area contributed by atoms with Crippen LogP contribution >= 0.6 is 0 Å². The Morgan fingerprint density at radius 2 is 1.21 bits per heavy atom. The quantitative estimate of drug-likeness (QED) is 0.469. The largest absolute Gasteiger partial charge is 0.356 e. The average Bonchev–Trinajstić information content (AvgIpc) is 2.43. The molecule has 0 aromatic heterocycles. The number of carbonyl (C=O) groups is 1. The van der Waals surface area contributed by atoms with Gasteiger partial charge in [0.2, 0.25) is 5.91 Å². The zero-order valence-electron chi connectivity index (χ0n) is 13.9. The summed E-state index contributed by atoms with van der Waals surface area (Å²) in [6.45, 7) is 9.17. The summed E-state index contributed by atoms with van der Waals surface area (Å²) in [5, 5.41) is 2.96. The molecule has 0 saturated heterocycles. The Bertz CT molecular complexity index is 169. The van der Waals surface area contributed by atoms with Crippen LogP contribution in [0.3, 0.4) is 0 Å². The van der Waals surface area contributed by atoms with Gasteiger partial charge in [0.1, 0.15) is 0 Å². The van der Waals surface area contributed by atoms with Crippen LogP contribution in [0.4, 0.5) is 0 Å². The van der Waals surface area contributed by atoms with Gasteiger partial charge in [0, 0.05) is 13.0 Å². The molecule has 2 nitrogen and oxygen atoms in total. The minimum Gasteiger partial charge on any atom is -0.356 e. The van der Waals surface area contributed by atoms with Crippen LogP contribution in [0.15, 0.2) is 0 Å². The molecule has 0 aliphatic rings. The first-order valence-electron chi connectivity index (χ1n) is 8.58. The highest BCUT2D eigenvalue weighted by atomic mass is 16.1. The summed E-state index contributed by atoms with van der Waals surface area (Å²) in [6, 6.07) is 0. The zero-order chi connectivity index (χ0) is 14.8. The van der Waals surface area contributed by atoms with Gasteiger partial charge in [-0.05, 0) is 12.8 Å². The van der Waals surface area contributed by atoms with Gasteiger partial charge in [0.15, 0.2) is 0 Å². The second kappa shape index (κ2) is 19.8. The molecule has 0 spiro atoms. The second-order valence-electron chi connectivity index (χ2n) is 4.93. The highest BCUT2D eigenvalue weighted by molar-refractivity contribution is 5.75. The van der Waals surface area contributed by atoms with Crippen LogP contribution in [-0.4, -0.2) is 12.5 Å². The standard InChI is InChI=1S/C15H31NO.C2H6/c1-3-5-6-7-8-9-10-11-12-14-16-15(17)13-4-2;1-2/h3-14H2,1-2H3,(H,16,17);1-2H3. The molecular formula is C17H37NO. The molecule has 1 N–H and O–H groups in total. The van der Waals surface area contributed by atoms with E-state index < -0.39 is 0 Å². The summed E-state index contributed by atoms with van der Waals surface area (Å²) < 4.78 is 0. The van der Waals surface area contributed by atoms with E-state index in [4.69, 9.17) is 0 Å². The van der Waals surface area contributed by atoms with Crippen LogP contribution in [-0.2, 0) is 4.79 Å². The maximum atomic E-state index is 11.2. The second-order valence-corrected chi connectivity index (χ2v) is 4.93. The number of carbonyl (C=O) groups excluding carboxylic acids is 1. The first-order valence-corrected chi connectivity index (χ1v) is 8.58. The van der Waals surface area contributed by atoms with E-state index in [0.29, 0.717) is 6.42 Å². The fraction of sp³-hybridized carbons (Fsp3) is 0.941. The number of rotatable bonds is 12. The lowest BCUT2D eigenvalue weighted by molar-refractivity contribution is -0.121. The van der Waals surface area contributed by atoms with Crippen LogP contribution in [0, 0.1) is 0 Å². The molecular weight excluding hydrogens is 234 g/mol. The van der Waals surface area contributed by atoms with Crippen LogP contribution in [0.5, 0.6) is 0 Å². The summed E-state index contributed by atoms with van der Waals surface area (Å²) in [4.78, 5) is 11.2. The summed E-state index contributed by atoms with van der Waals surface area (Å²) in [6.07, 6.45) is 13.7. The number of hydrogen-bond acceptors (Lipinski definition) is 1. The molecule has 0 aromatic rings. The zero-order valence-corrected chi connectivity index (χ0v) is 13.9. The van der Waals surface area contributed by atoms with E-state index in [-0.39, 0.29) is 5.91 Å². The minimum atomic E-state index is 0.215. The Morgan fingerprint density at radius 1 is 0.737 bits per heavy atom. The fourth-order valence-electron chi connectivity index (χ4n) is 1.98. The normalized spacial score (nSPS) is 9.68. The maximum absolute atomic E-state index is 11.2. The lowest BCUT2D eigenvalue weighted by Crippen LogP contribution is -2.23. The van der Waals surface area contributed by atoms with Crippen molar-refractivity contribution in [3.63, 3.8) is 0 Å². The van der Waals surface area contributed by atoms with Crippen molar-refractivity contribution in [2.45, 2.75) is 98.3 Å². The Balaban J connectivity index is 0. The monoisotopic (exact) mass is 271 g/mol. The lowest BCUT2D eigenvalue weighted by atomic mass is 10.1. The van der Waals surface area contributed by atoms with Crippen LogP contribution in [0.2, 0.25) is 0 Å². The maximum Gasteiger partial charge on any atom is 0.219 e. The van der Waals surface area contributed by atoms with E-state index in [9.17, 15) is 4.79 Å². The lowest BCUT2D eigenvalue weighted by Gasteiger charge is -2.04. The van der Waals surface area contributed by atoms with Gasteiger partial charge in [-0.2, -0.15) is 0 Å². The summed E-state index contributed by atoms with van der Waals surface area (Å²) >= 11 is 0. The van der Waals surface area contributed by atoms with Gasteiger partial charge < -0.3 is 5.32 Å². The SMILES string of the molecule is CC.CCCCCCCCCCCNC(=O)CCC. The third-order valence-electron chi connectivity index (χ3n) is 3.08. The molecule has 0 unspecified atom stereocenters. The molecule has 0 saturated carbocycles. The van der Waals surface area contributed by atoms with E-state index in [1.807, 2.05) is 20.8 Å². The van der Waals surface area contributed by atoms with Crippen molar-refractivity contribution in [3.8, 4) is 0 Å². The fourth-order valence-corrected chi connectivity index (χ4v) is 1.98. The highest BCUT2D eigenvalue weighted by Gasteiger charge is 1.97. The van der Waals surface area contributed by atoms with Gasteiger partial charge in [-0.1, -0.05) is 79.1 Å². The van der Waals surface area contributed by atoms with Crippen LogP contribution in [0.1, 0.15) is 98.3 Å². The van der Waals surface area contributed by atoms with Gasteiger partial charge in [-0.25, -0.2) is 0 Å². The smallest absolute Gasteiger partial charge is 0.219 e. The predicted octanol–water partition coefficient (Wildman–Crippen LogP) is 5.46. The first kappa shape index (κ1) is 20.8. The van der Waals surface area contributed by atoms with Crippen molar-refractivity contribution in [2.24, 2.45) is 0 Å². The van der Waals surface area contributed by atoms with Gasteiger partial charge in [0.05, 0.1) is 0 Å². The molecule has 0 aliphatic carbocycles. The Labute approximate surface area is 121 Å². The molecule has 0 heterocycles. The molecule has 0 rings (SSSR count). The summed E-state index contributed by atoms with van der Waals surface area (Å²) in [5.74, 6) is 0.215. The third kappa shape index (κ3) is 20.0. The molecule has 0 aromatic carbocycles. The van der Waals surface area contributed by atoms with Crippen LogP contribution in [0.25, 0.3) is 0 Å². The highest BCUT2D eigenvalue weighted by Crippen LogP contribution is 2.09. The third-order valence-corrected chi connectivity index (χ3v) is 3.08. The van der Waals surface area contributed by atoms with E-state index in [1.54, 1.807) is 0 Å². The molecule has 0 radical (unpaired) electrons. The molecule has 1 amide bonds. The van der Waals surface area contributed by atoms with Crippen molar-refractivity contribution >= 4 is 5.91 Å². The number of nitrogens with one attached hydrogen (secondary N) is 1. The number of hydrogen-bond donors (Lipinski definition) is 1. The van der Waals surface area contributed by atoms with E-state index in [0.717, 1.165) is 19.4 Å². The Morgan fingerprint density at radius 3 is 1.68 bits per heavy atom.